The highest BCUT2D eigenvalue weighted by Crippen LogP contribution is 2.61. The van der Waals surface area contributed by atoms with Crippen molar-refractivity contribution in [2.24, 2.45) is 29.1 Å². The normalized spacial score (nSPS) is 31.8. The Balaban J connectivity index is 1.33. The number of fused-ring (bicyclic) bond motifs is 2. The van der Waals surface area contributed by atoms with E-state index < -0.39 is 24.2 Å². The van der Waals surface area contributed by atoms with E-state index in [4.69, 9.17) is 0 Å². The van der Waals surface area contributed by atoms with Gasteiger partial charge in [0.15, 0.2) is 0 Å². The summed E-state index contributed by atoms with van der Waals surface area (Å²) in [4.78, 5) is 29.7. The molecule has 40 heavy (non-hydrogen) atoms. The fourth-order valence-electron chi connectivity index (χ4n) is 7.77. The molecule has 3 aliphatic carbocycles. The van der Waals surface area contributed by atoms with Crippen molar-refractivity contribution in [1.29, 1.82) is 0 Å². The zero-order valence-electron chi connectivity index (χ0n) is 24.7. The maximum Gasteiger partial charge on any atom is 0.253 e. The van der Waals surface area contributed by atoms with E-state index in [-0.39, 0.29) is 17.9 Å². The number of nitrogens with zero attached hydrogens (tertiary/aromatic N) is 2. The van der Waals surface area contributed by atoms with Gasteiger partial charge in [0.05, 0.1) is 18.2 Å². The summed E-state index contributed by atoms with van der Waals surface area (Å²) >= 11 is 0. The van der Waals surface area contributed by atoms with Gasteiger partial charge >= 0.3 is 0 Å². The fraction of sp³-hybridized carbons (Fsp3) is 0.576. The van der Waals surface area contributed by atoms with Crippen LogP contribution in [0.3, 0.4) is 0 Å². The number of aliphatic hydroxyl groups excluding tert-OH is 2. The number of amides is 2. The molecule has 3 saturated carbocycles. The summed E-state index contributed by atoms with van der Waals surface area (Å²) in [6.45, 7) is 9.45. The van der Waals surface area contributed by atoms with Crippen LogP contribution < -0.4 is 5.32 Å². The van der Waals surface area contributed by atoms with Gasteiger partial charge in [-0.1, -0.05) is 51.1 Å². The van der Waals surface area contributed by atoms with E-state index >= 15 is 0 Å². The second-order valence-electron chi connectivity index (χ2n) is 13.3. The summed E-state index contributed by atoms with van der Waals surface area (Å²) in [6, 6.07) is 15.3. The third-order valence-corrected chi connectivity index (χ3v) is 10.3. The standard InChI is InChI=1S/C33H45N3O4/c1-19-26-15-25(33(26,3)4)16-27(19)34-31(39)30-29(20(2)37)28(38)18-36(30)17-21-8-7-9-24(14-21)22-10-12-23(13-11-22)32(40)35(5)6/h7-14,19-20,25-30,37-38H,15-18H2,1-6H3,(H,34,39)/t19-,20-,25-,26-,27-,28-,29+,30-/m0/s1. The maximum absolute atomic E-state index is 13.8. The molecule has 3 N–H and O–H groups in total. The van der Waals surface area contributed by atoms with Crippen molar-refractivity contribution in [2.45, 2.75) is 71.4 Å². The molecule has 0 spiro atoms. The van der Waals surface area contributed by atoms with Gasteiger partial charge in [-0.15, -0.1) is 0 Å². The van der Waals surface area contributed by atoms with E-state index in [0.717, 1.165) is 23.1 Å². The van der Waals surface area contributed by atoms with Crippen molar-refractivity contribution in [2.75, 3.05) is 20.6 Å². The highest BCUT2D eigenvalue weighted by atomic mass is 16.3. The van der Waals surface area contributed by atoms with E-state index in [0.29, 0.717) is 41.8 Å². The zero-order chi connectivity index (χ0) is 28.9. The van der Waals surface area contributed by atoms with Gasteiger partial charge in [0.25, 0.3) is 5.91 Å². The van der Waals surface area contributed by atoms with Crippen LogP contribution in [-0.4, -0.2) is 76.8 Å². The van der Waals surface area contributed by atoms with Gasteiger partial charge in [0.1, 0.15) is 0 Å². The molecule has 4 fully saturated rings. The van der Waals surface area contributed by atoms with Crippen LogP contribution in [0.4, 0.5) is 0 Å². The van der Waals surface area contributed by atoms with E-state index in [9.17, 15) is 19.8 Å². The third-order valence-electron chi connectivity index (χ3n) is 10.3. The van der Waals surface area contributed by atoms with E-state index in [2.05, 4.69) is 32.2 Å². The molecule has 2 amide bonds. The first-order valence-electron chi connectivity index (χ1n) is 14.7. The summed E-state index contributed by atoms with van der Waals surface area (Å²) in [6.07, 6.45) is 0.653. The third kappa shape index (κ3) is 5.19. The predicted octanol–water partition coefficient (Wildman–Crippen LogP) is 3.78. The van der Waals surface area contributed by atoms with Crippen molar-refractivity contribution in [3.05, 3.63) is 59.7 Å². The maximum atomic E-state index is 13.8. The summed E-state index contributed by atoms with van der Waals surface area (Å²) in [5.74, 6) is 0.991. The number of benzene rings is 2. The van der Waals surface area contributed by atoms with Crippen LogP contribution in [0.25, 0.3) is 11.1 Å². The lowest BCUT2D eigenvalue weighted by Gasteiger charge is -2.62. The molecule has 1 saturated heterocycles. The minimum absolute atomic E-state index is 0.0340. The molecule has 0 radical (unpaired) electrons. The monoisotopic (exact) mass is 547 g/mol. The lowest BCUT2D eigenvalue weighted by molar-refractivity contribution is -0.139. The van der Waals surface area contributed by atoms with Crippen molar-refractivity contribution in [1.82, 2.24) is 15.1 Å². The molecule has 7 nitrogen and oxygen atoms in total. The number of aliphatic hydroxyl groups is 2. The molecule has 1 aliphatic heterocycles. The Morgan fingerprint density at radius 3 is 2.40 bits per heavy atom. The molecule has 216 valence electrons. The predicted molar refractivity (Wildman–Crippen MR) is 156 cm³/mol. The van der Waals surface area contributed by atoms with Crippen LogP contribution in [0.2, 0.25) is 0 Å². The average Bonchev–Trinajstić information content (AvgIpc) is 3.24. The topological polar surface area (TPSA) is 93.1 Å². The fourth-order valence-corrected chi connectivity index (χ4v) is 7.77. The zero-order valence-corrected chi connectivity index (χ0v) is 24.7. The molecule has 6 rings (SSSR count). The molecule has 7 heteroatoms. The number of rotatable bonds is 7. The Morgan fingerprint density at radius 1 is 1.10 bits per heavy atom. The van der Waals surface area contributed by atoms with Gasteiger partial charge in [-0.2, -0.15) is 0 Å². The quantitative estimate of drug-likeness (QED) is 0.491. The van der Waals surface area contributed by atoms with Gasteiger partial charge in [0, 0.05) is 44.7 Å². The Kier molecular flexibility index (Phi) is 7.85. The Hall–Kier alpha value is -2.74. The lowest BCUT2D eigenvalue weighted by atomic mass is 9.45. The number of carbonyl (C=O) groups is 2. The van der Waals surface area contributed by atoms with E-state index in [1.807, 2.05) is 47.4 Å². The second-order valence-corrected chi connectivity index (χ2v) is 13.3. The smallest absolute Gasteiger partial charge is 0.253 e. The van der Waals surface area contributed by atoms with Crippen LogP contribution in [0.15, 0.2) is 48.5 Å². The Labute approximate surface area is 238 Å². The van der Waals surface area contributed by atoms with E-state index in [1.54, 1.807) is 25.9 Å². The molecular weight excluding hydrogens is 502 g/mol. The van der Waals surface area contributed by atoms with Gasteiger partial charge in [-0.3, -0.25) is 14.5 Å². The van der Waals surface area contributed by atoms with Gasteiger partial charge in [-0.25, -0.2) is 0 Å². The number of carbonyl (C=O) groups excluding carboxylic acids is 2. The Morgan fingerprint density at radius 2 is 1.80 bits per heavy atom. The van der Waals surface area contributed by atoms with E-state index in [1.165, 1.54) is 6.42 Å². The first-order valence-corrected chi connectivity index (χ1v) is 14.7. The molecule has 2 aromatic carbocycles. The first kappa shape index (κ1) is 28.8. The van der Waals surface area contributed by atoms with Crippen LogP contribution in [-0.2, 0) is 11.3 Å². The first-order chi connectivity index (χ1) is 18.9. The second kappa shape index (κ2) is 10.9. The van der Waals surface area contributed by atoms with Crippen molar-refractivity contribution < 1.29 is 19.8 Å². The molecular formula is C33H45N3O4. The van der Waals surface area contributed by atoms with Gasteiger partial charge in [-0.05, 0) is 77.8 Å². The van der Waals surface area contributed by atoms with Crippen LogP contribution >= 0.6 is 0 Å². The average molecular weight is 548 g/mol. The van der Waals surface area contributed by atoms with Gasteiger partial charge < -0.3 is 20.4 Å². The molecule has 2 aromatic rings. The van der Waals surface area contributed by atoms with Crippen molar-refractivity contribution in [3.63, 3.8) is 0 Å². The lowest BCUT2D eigenvalue weighted by Crippen LogP contribution is -2.62. The Bertz CT molecular complexity index is 1240. The van der Waals surface area contributed by atoms with Crippen molar-refractivity contribution >= 4 is 11.8 Å². The molecule has 0 aromatic heterocycles. The minimum Gasteiger partial charge on any atom is -0.393 e. The molecule has 2 bridgehead atoms. The summed E-state index contributed by atoms with van der Waals surface area (Å²) < 4.78 is 0. The molecule has 4 aliphatic rings. The van der Waals surface area contributed by atoms with Gasteiger partial charge in [0.2, 0.25) is 5.91 Å². The van der Waals surface area contributed by atoms with Crippen LogP contribution in [0.5, 0.6) is 0 Å². The van der Waals surface area contributed by atoms with Crippen molar-refractivity contribution in [3.8, 4) is 11.1 Å². The number of hydrogen-bond donors (Lipinski definition) is 3. The highest BCUT2D eigenvalue weighted by Gasteiger charge is 2.57. The summed E-state index contributed by atoms with van der Waals surface area (Å²) in [5.41, 5.74) is 4.03. The number of likely N-dealkylation sites (tertiary alicyclic amines) is 1. The number of β-amino-alcohol motifs (C(OH)–C–C–N with tert-alkyl or cyclic N) is 1. The summed E-state index contributed by atoms with van der Waals surface area (Å²) in [5, 5.41) is 24.9. The largest absolute Gasteiger partial charge is 0.393 e. The summed E-state index contributed by atoms with van der Waals surface area (Å²) in [7, 11) is 3.48. The van der Waals surface area contributed by atoms with Crippen LogP contribution in [0, 0.1) is 29.1 Å². The molecule has 0 unspecified atom stereocenters. The highest BCUT2D eigenvalue weighted by molar-refractivity contribution is 5.94. The number of nitrogens with one attached hydrogen (secondary N) is 1. The number of hydrogen-bond acceptors (Lipinski definition) is 5. The minimum atomic E-state index is -0.804. The molecule has 8 atom stereocenters. The van der Waals surface area contributed by atoms with Crippen LogP contribution in [0.1, 0.15) is 56.5 Å². The SMILES string of the molecule is C[C@@H]1[C@@H](NC(=O)[C@@H]2[C@H]([C@H](C)O)[C@@H](O)CN2Cc2cccc(-c3ccc(C(=O)N(C)C)cc3)c2)C[C@@H]2C[C@@H]1C2(C)C. The molecule has 1 heterocycles.